The van der Waals surface area contributed by atoms with Crippen LogP contribution in [0, 0.1) is 37.1 Å². The molecule has 0 amide bonds. The molecule has 0 aliphatic heterocycles. The van der Waals surface area contributed by atoms with E-state index in [0.29, 0.717) is 49.9 Å². The van der Waals surface area contributed by atoms with Gasteiger partial charge in [-0.05, 0) is 0 Å². The number of allylic oxidation sites excluding steroid dienone is 8. The SMILES string of the molecule is Cc1ccc(N(CCc2ccc(F)[c]([Ti]([C]3=CC=CC3)([C]3=CC=CC3)[c]3c(F)ccc(CCN(c4ccc(C)cc4)C(C)C)c3F)c2F)C(C)C)cc1. The number of benzene rings is 4. The van der Waals surface area contributed by atoms with Crippen LogP contribution in [0.4, 0.5) is 28.9 Å². The molecular weight excluding hydrogens is 704 g/mol. The summed E-state index contributed by atoms with van der Waals surface area (Å²) in [5, 5.41) is 0. The van der Waals surface area contributed by atoms with E-state index in [2.05, 4.69) is 86.0 Å². The van der Waals surface area contributed by atoms with Crippen molar-refractivity contribution in [2.75, 3.05) is 22.9 Å². The van der Waals surface area contributed by atoms with Crippen LogP contribution in [0.15, 0.2) is 117 Å². The van der Waals surface area contributed by atoms with E-state index in [1.54, 1.807) is 0 Å². The van der Waals surface area contributed by atoms with Crippen molar-refractivity contribution in [2.24, 2.45) is 0 Å². The summed E-state index contributed by atoms with van der Waals surface area (Å²) in [6, 6.07) is 22.3. The number of rotatable bonds is 14. The number of nitrogens with zero attached hydrogens (tertiary/aromatic N) is 2. The summed E-state index contributed by atoms with van der Waals surface area (Å²) in [6.07, 6.45) is 12.6. The monoisotopic (exact) mass is 754 g/mol. The maximum atomic E-state index is 17.5. The molecule has 0 saturated heterocycles. The van der Waals surface area contributed by atoms with Crippen molar-refractivity contribution in [1.29, 1.82) is 0 Å². The van der Waals surface area contributed by atoms with Gasteiger partial charge in [0.25, 0.3) is 0 Å². The minimum absolute atomic E-state index is 0.130. The molecule has 0 fully saturated rings. The molecule has 2 aliphatic carbocycles. The summed E-state index contributed by atoms with van der Waals surface area (Å²) in [5.41, 5.74) is 5.01. The molecule has 0 heterocycles. The molecule has 2 nitrogen and oxygen atoms in total. The van der Waals surface area contributed by atoms with Crippen LogP contribution in [0.25, 0.3) is 0 Å². The molecule has 0 bridgehead atoms. The van der Waals surface area contributed by atoms with Gasteiger partial charge in [0.1, 0.15) is 0 Å². The Morgan fingerprint density at radius 3 is 1.25 bits per heavy atom. The molecule has 2 aliphatic rings. The predicted octanol–water partition coefficient (Wildman–Crippen LogP) is 10.6. The first-order valence-electron chi connectivity index (χ1n) is 18.8. The van der Waals surface area contributed by atoms with Crippen LogP contribution in [0.2, 0.25) is 0 Å². The topological polar surface area (TPSA) is 6.48 Å². The van der Waals surface area contributed by atoms with Gasteiger partial charge >= 0.3 is 318 Å². The van der Waals surface area contributed by atoms with E-state index in [9.17, 15) is 0 Å². The Balaban J connectivity index is 1.47. The molecule has 0 N–H and O–H groups in total. The molecule has 4 aromatic rings. The number of aryl methyl sites for hydroxylation is 2. The molecule has 0 atom stereocenters. The average molecular weight is 755 g/mol. The third-order valence-corrected chi connectivity index (χ3v) is 18.8. The molecule has 0 saturated carbocycles. The van der Waals surface area contributed by atoms with Gasteiger partial charge in [0.15, 0.2) is 0 Å². The number of anilines is 2. The number of halogens is 4. The fourth-order valence-electron chi connectivity index (χ4n) is 8.01. The molecule has 4 aromatic carbocycles. The quantitative estimate of drug-likeness (QED) is 0.0935. The van der Waals surface area contributed by atoms with E-state index in [0.717, 1.165) is 30.3 Å². The van der Waals surface area contributed by atoms with Gasteiger partial charge in [0, 0.05) is 0 Å². The Bertz CT molecular complexity index is 1910. The van der Waals surface area contributed by atoms with Gasteiger partial charge in [-0.3, -0.25) is 0 Å². The fraction of sp³-hybridized carbons (Fsp3) is 0.304. The summed E-state index contributed by atoms with van der Waals surface area (Å²) >= 11 is -4.95. The first kappa shape index (κ1) is 38.6. The standard InChI is InChI=1S/2C18H20F2N.2C5H5.Ti/c2*1-13(2)21(17-8-4-14(3)5-9-17)11-10-15-6-7-16(19)12-18(15)20;2*1-2-4-5-3-1;/h2*4-9,13H,10-11H2,1-3H3;2*1-3H,4H2;. The van der Waals surface area contributed by atoms with Crippen LogP contribution >= 0.6 is 0 Å². The molecule has 6 rings (SSSR count). The van der Waals surface area contributed by atoms with E-state index in [4.69, 9.17) is 0 Å². The zero-order valence-corrected chi connectivity index (χ0v) is 33.3. The van der Waals surface area contributed by atoms with E-state index in [-0.39, 0.29) is 19.8 Å². The fourth-order valence-corrected chi connectivity index (χ4v) is 16.4. The second kappa shape index (κ2) is 16.5. The van der Waals surface area contributed by atoms with Crippen molar-refractivity contribution in [3.8, 4) is 0 Å². The third-order valence-electron chi connectivity index (χ3n) is 10.8. The number of hydrogen-bond donors (Lipinski definition) is 0. The van der Waals surface area contributed by atoms with Crippen molar-refractivity contribution in [1.82, 2.24) is 0 Å². The predicted molar refractivity (Wildman–Crippen MR) is 210 cm³/mol. The Kier molecular flexibility index (Phi) is 12.0. The minimum atomic E-state index is -4.95. The molecule has 0 radical (unpaired) electrons. The van der Waals surface area contributed by atoms with Crippen molar-refractivity contribution < 1.29 is 34.2 Å². The second-order valence-corrected chi connectivity index (χ2v) is 20.8. The second-order valence-electron chi connectivity index (χ2n) is 14.9. The van der Waals surface area contributed by atoms with Crippen LogP contribution < -0.4 is 17.5 Å². The van der Waals surface area contributed by atoms with Crippen molar-refractivity contribution >= 4 is 19.1 Å². The van der Waals surface area contributed by atoms with E-state index in [1.165, 1.54) is 24.3 Å². The molecule has 0 spiro atoms. The summed E-state index contributed by atoms with van der Waals surface area (Å²) < 4.78 is 69.6. The summed E-state index contributed by atoms with van der Waals surface area (Å²) in [7, 11) is 0. The van der Waals surface area contributed by atoms with E-state index in [1.807, 2.05) is 50.3 Å². The summed E-state index contributed by atoms with van der Waals surface area (Å²) in [5.74, 6) is -2.87. The number of hydrogen-bond acceptors (Lipinski definition) is 2. The Hall–Kier alpha value is -4.13. The Labute approximate surface area is 316 Å². The van der Waals surface area contributed by atoms with Gasteiger partial charge in [-0.2, -0.15) is 0 Å². The zero-order chi connectivity index (χ0) is 37.9. The van der Waals surface area contributed by atoms with Crippen molar-refractivity contribution in [3.63, 3.8) is 0 Å². The Morgan fingerprint density at radius 1 is 0.547 bits per heavy atom. The van der Waals surface area contributed by atoms with Crippen LogP contribution in [-0.2, 0) is 29.4 Å². The third kappa shape index (κ3) is 7.77. The van der Waals surface area contributed by atoms with E-state index >= 15 is 17.6 Å². The molecule has 0 aromatic heterocycles. The maximum absolute atomic E-state index is 17.5. The molecule has 0 unspecified atom stereocenters. The summed E-state index contributed by atoms with van der Waals surface area (Å²) in [4.78, 5) is 4.40. The molecule has 53 heavy (non-hydrogen) atoms. The summed E-state index contributed by atoms with van der Waals surface area (Å²) in [6.45, 7) is 13.4. The van der Waals surface area contributed by atoms with Crippen molar-refractivity contribution in [2.45, 2.75) is 79.3 Å². The van der Waals surface area contributed by atoms with E-state index < -0.39 is 39.9 Å². The zero-order valence-electron chi connectivity index (χ0n) is 31.7. The van der Waals surface area contributed by atoms with Crippen LogP contribution in [0.3, 0.4) is 0 Å². The van der Waals surface area contributed by atoms with Crippen LogP contribution in [0.1, 0.15) is 62.8 Å². The van der Waals surface area contributed by atoms with Gasteiger partial charge in [0.05, 0.1) is 0 Å². The first-order valence-corrected chi connectivity index (χ1v) is 21.9. The van der Waals surface area contributed by atoms with Gasteiger partial charge in [0.2, 0.25) is 0 Å². The molecule has 276 valence electrons. The average Bonchev–Trinajstić information content (AvgIpc) is 3.87. The van der Waals surface area contributed by atoms with Crippen LogP contribution in [0.5, 0.6) is 0 Å². The van der Waals surface area contributed by atoms with Gasteiger partial charge in [-0.15, -0.1) is 0 Å². The van der Waals surface area contributed by atoms with Crippen molar-refractivity contribution in [3.05, 3.63) is 163 Å². The van der Waals surface area contributed by atoms with Gasteiger partial charge in [-0.1, -0.05) is 0 Å². The van der Waals surface area contributed by atoms with Gasteiger partial charge < -0.3 is 0 Å². The van der Waals surface area contributed by atoms with Crippen LogP contribution in [-0.4, -0.2) is 25.2 Å². The normalized spacial score (nSPS) is 14.0. The Morgan fingerprint density at radius 2 is 0.925 bits per heavy atom. The molecule has 7 heteroatoms. The van der Waals surface area contributed by atoms with Gasteiger partial charge in [-0.25, -0.2) is 0 Å². The first-order chi connectivity index (χ1) is 25.4. The molecular formula is C46H50F4N2Ti.